The van der Waals surface area contributed by atoms with E-state index in [9.17, 15) is 9.59 Å². The quantitative estimate of drug-likeness (QED) is 0.541. The first kappa shape index (κ1) is 8.94. The summed E-state index contributed by atoms with van der Waals surface area (Å²) < 4.78 is 0. The van der Waals surface area contributed by atoms with Crippen LogP contribution in [0.3, 0.4) is 0 Å². The largest absolute Gasteiger partial charge is 0.369 e. The maximum atomic E-state index is 10.4. The van der Waals surface area contributed by atoms with Crippen molar-refractivity contribution in [2.75, 3.05) is 0 Å². The van der Waals surface area contributed by atoms with Gasteiger partial charge in [0.05, 0.1) is 11.8 Å². The highest BCUT2D eigenvalue weighted by atomic mass is 16.2. The number of amides is 2. The summed E-state index contributed by atoms with van der Waals surface area (Å²) in [6.07, 6.45) is 0. The molecule has 4 N–H and O–H groups in total. The van der Waals surface area contributed by atoms with Gasteiger partial charge in [-0.3, -0.25) is 9.59 Å². The zero-order chi connectivity index (χ0) is 8.31. The lowest BCUT2D eigenvalue weighted by Gasteiger charge is -2.10. The smallest absolute Gasteiger partial charge is 0.225 e. The number of hydrogen-bond donors (Lipinski definition) is 2. The molecule has 2 amide bonds. The fourth-order valence-corrected chi connectivity index (χ4v) is 0.427. The minimum absolute atomic E-state index is 0.299. The van der Waals surface area contributed by atoms with E-state index in [1.807, 2.05) is 0 Å². The first-order chi connectivity index (χ1) is 4.46. The lowest BCUT2D eigenvalue weighted by Crippen LogP contribution is -2.32. The molecule has 0 heterocycles. The number of rotatable bonds is 3. The first-order valence-corrected chi connectivity index (χ1v) is 2.89. The van der Waals surface area contributed by atoms with E-state index in [4.69, 9.17) is 11.5 Å². The molecule has 0 saturated heterocycles. The molecule has 0 spiro atoms. The normalized spacial score (nSPS) is 13.1. The van der Waals surface area contributed by atoms with Gasteiger partial charge in [0.1, 0.15) is 0 Å². The molecule has 4 nitrogen and oxygen atoms in total. The molecule has 0 bridgehead atoms. The number of carbonyl (C=O) groups excluding carboxylic acids is 2. The average molecular weight is 143 g/mol. The molecule has 0 aromatic carbocycles. The Kier molecular flexibility index (Phi) is 2.86. The molecule has 0 saturated carbocycles. The molecule has 1 radical (unpaired) electrons. The van der Waals surface area contributed by atoms with Crippen LogP contribution >= 0.6 is 0 Å². The van der Waals surface area contributed by atoms with E-state index in [1.165, 1.54) is 6.92 Å². The molecule has 1 atom stereocenters. The van der Waals surface area contributed by atoms with Crippen molar-refractivity contribution < 1.29 is 9.59 Å². The van der Waals surface area contributed by atoms with Crippen LogP contribution in [-0.4, -0.2) is 11.8 Å². The minimum atomic E-state index is -0.577. The summed E-state index contributed by atoms with van der Waals surface area (Å²) >= 11 is 0. The van der Waals surface area contributed by atoms with Gasteiger partial charge in [0.15, 0.2) is 0 Å². The average Bonchev–Trinajstić information content (AvgIpc) is 1.84. The molecule has 0 aliphatic heterocycles. The van der Waals surface area contributed by atoms with Gasteiger partial charge in [0, 0.05) is 0 Å². The first-order valence-electron chi connectivity index (χ1n) is 2.89. The summed E-state index contributed by atoms with van der Waals surface area (Å²) in [6, 6.07) is 0. The predicted molar refractivity (Wildman–Crippen MR) is 36.5 cm³/mol. The molecule has 0 unspecified atom stereocenters. The maximum absolute atomic E-state index is 10.4. The summed E-state index contributed by atoms with van der Waals surface area (Å²) in [4.78, 5) is 20.9. The third-order valence-electron chi connectivity index (χ3n) is 1.46. The van der Waals surface area contributed by atoms with E-state index in [2.05, 4.69) is 0 Å². The highest BCUT2D eigenvalue weighted by molar-refractivity contribution is 5.94. The van der Waals surface area contributed by atoms with E-state index in [0.29, 0.717) is 5.92 Å². The van der Waals surface area contributed by atoms with E-state index >= 15 is 0 Å². The van der Waals surface area contributed by atoms with Crippen molar-refractivity contribution in [1.82, 2.24) is 0 Å². The molecule has 0 rings (SSSR count). The monoisotopic (exact) mass is 143 g/mol. The van der Waals surface area contributed by atoms with Crippen molar-refractivity contribution in [3.63, 3.8) is 0 Å². The Bertz CT molecular complexity index is 138. The van der Waals surface area contributed by atoms with Crippen LogP contribution in [0.25, 0.3) is 0 Å². The Balaban J connectivity index is 4.07. The van der Waals surface area contributed by atoms with Crippen molar-refractivity contribution in [2.45, 2.75) is 13.8 Å². The van der Waals surface area contributed by atoms with Crippen molar-refractivity contribution in [3.05, 3.63) is 5.92 Å². The van der Waals surface area contributed by atoms with Crippen LogP contribution in [-0.2, 0) is 9.59 Å². The fourth-order valence-electron chi connectivity index (χ4n) is 0.427. The molecule has 10 heavy (non-hydrogen) atoms. The van der Waals surface area contributed by atoms with Gasteiger partial charge in [-0.2, -0.15) is 0 Å². The van der Waals surface area contributed by atoms with Crippen LogP contribution in [0.5, 0.6) is 0 Å². The SMILES string of the molecule is C[C](C(N)=O)[C@H](C)C(N)=O. The lowest BCUT2D eigenvalue weighted by molar-refractivity contribution is -0.124. The molecule has 0 fully saturated rings. The van der Waals surface area contributed by atoms with Gasteiger partial charge in [-0.25, -0.2) is 0 Å². The summed E-state index contributed by atoms with van der Waals surface area (Å²) in [6.45, 7) is 3.04. The zero-order valence-corrected chi connectivity index (χ0v) is 6.05. The van der Waals surface area contributed by atoms with Gasteiger partial charge < -0.3 is 11.5 Å². The Morgan fingerprint density at radius 2 is 1.70 bits per heavy atom. The molecule has 57 valence electrons. The Labute approximate surface area is 59.6 Å². The lowest BCUT2D eigenvalue weighted by atomic mass is 9.95. The van der Waals surface area contributed by atoms with Crippen LogP contribution < -0.4 is 11.5 Å². The van der Waals surface area contributed by atoms with Gasteiger partial charge in [-0.15, -0.1) is 0 Å². The Morgan fingerprint density at radius 3 is 1.80 bits per heavy atom. The number of hydrogen-bond acceptors (Lipinski definition) is 2. The zero-order valence-electron chi connectivity index (χ0n) is 6.05. The van der Waals surface area contributed by atoms with E-state index < -0.39 is 17.7 Å². The second-order valence-corrected chi connectivity index (χ2v) is 2.17. The van der Waals surface area contributed by atoms with Crippen LogP contribution in [0, 0.1) is 11.8 Å². The summed E-state index contributed by atoms with van der Waals surface area (Å²) in [5, 5.41) is 0. The molecule has 0 aromatic rings. The summed E-state index contributed by atoms with van der Waals surface area (Å²) in [7, 11) is 0. The number of primary amides is 2. The van der Waals surface area contributed by atoms with Gasteiger partial charge >= 0.3 is 0 Å². The van der Waals surface area contributed by atoms with Crippen molar-refractivity contribution in [1.29, 1.82) is 0 Å². The van der Waals surface area contributed by atoms with Gasteiger partial charge in [0.25, 0.3) is 0 Å². The second-order valence-electron chi connectivity index (χ2n) is 2.17. The molecular formula is C6H11N2O2. The van der Waals surface area contributed by atoms with Crippen LogP contribution in [0.2, 0.25) is 0 Å². The van der Waals surface area contributed by atoms with Crippen molar-refractivity contribution >= 4 is 11.8 Å². The summed E-state index contributed by atoms with van der Waals surface area (Å²) in [5.41, 5.74) is 9.80. The van der Waals surface area contributed by atoms with E-state index in [1.54, 1.807) is 6.92 Å². The number of nitrogens with two attached hydrogens (primary N) is 2. The van der Waals surface area contributed by atoms with Crippen LogP contribution in [0.1, 0.15) is 13.8 Å². The molecular weight excluding hydrogens is 132 g/mol. The summed E-state index contributed by atoms with van der Waals surface area (Å²) in [5.74, 6) is -1.37. The molecule has 4 heteroatoms. The van der Waals surface area contributed by atoms with Crippen LogP contribution in [0.15, 0.2) is 0 Å². The predicted octanol–water partition coefficient (Wildman–Crippen LogP) is -0.813. The highest BCUT2D eigenvalue weighted by Gasteiger charge is 2.22. The highest BCUT2D eigenvalue weighted by Crippen LogP contribution is 2.10. The third-order valence-corrected chi connectivity index (χ3v) is 1.46. The molecule has 0 aliphatic carbocycles. The fraction of sp³-hybridized carbons (Fsp3) is 0.500. The number of carbonyl (C=O) groups is 2. The Hall–Kier alpha value is -1.06. The molecule has 0 aliphatic rings. The van der Waals surface area contributed by atoms with Gasteiger partial charge in [-0.05, 0) is 6.92 Å². The Morgan fingerprint density at radius 1 is 1.30 bits per heavy atom. The van der Waals surface area contributed by atoms with Gasteiger partial charge in [-0.1, -0.05) is 6.92 Å². The third kappa shape index (κ3) is 2.05. The standard InChI is InChI=1S/C6H11N2O2/c1-3(5(7)9)4(2)6(8)10/h3H,1-2H3,(H2,7,9)(H2,8,10)/t3-/m0/s1. The second kappa shape index (κ2) is 3.20. The van der Waals surface area contributed by atoms with E-state index in [0.717, 1.165) is 0 Å². The minimum Gasteiger partial charge on any atom is -0.369 e. The van der Waals surface area contributed by atoms with Crippen molar-refractivity contribution in [3.8, 4) is 0 Å². The maximum Gasteiger partial charge on any atom is 0.225 e. The van der Waals surface area contributed by atoms with Crippen molar-refractivity contribution in [2.24, 2.45) is 17.4 Å². The van der Waals surface area contributed by atoms with Gasteiger partial charge in [0.2, 0.25) is 11.8 Å². The van der Waals surface area contributed by atoms with Crippen LogP contribution in [0.4, 0.5) is 0 Å². The molecule has 0 aromatic heterocycles. The topological polar surface area (TPSA) is 86.2 Å². The van der Waals surface area contributed by atoms with E-state index in [-0.39, 0.29) is 0 Å².